The van der Waals surface area contributed by atoms with Crippen molar-refractivity contribution in [3.05, 3.63) is 0 Å². The van der Waals surface area contributed by atoms with Crippen molar-refractivity contribution in [2.75, 3.05) is 13.3 Å². The highest BCUT2D eigenvalue weighted by molar-refractivity contribution is 5.72. The molecule has 2 N–H and O–H groups in total. The summed E-state index contributed by atoms with van der Waals surface area (Å²) in [6.07, 6.45) is 0. The van der Waals surface area contributed by atoms with Crippen LogP contribution in [0.3, 0.4) is 0 Å². The summed E-state index contributed by atoms with van der Waals surface area (Å²) >= 11 is 0. The number of hydrazine groups is 1. The number of ether oxygens (including phenoxy) is 1. The van der Waals surface area contributed by atoms with Crippen LogP contribution in [0.5, 0.6) is 0 Å². The van der Waals surface area contributed by atoms with Gasteiger partial charge in [0.05, 0.1) is 0 Å². The lowest BCUT2D eigenvalue weighted by atomic mass is 10.7. The molecule has 0 unspecified atom stereocenters. The Morgan fingerprint density at radius 3 is 2.71 bits per heavy atom. The number of nitrogens with two attached hydrogens (primary N) is 1. The number of carbonyl (C=O) groups is 1. The molecule has 0 aliphatic carbocycles. The second-order valence-electron chi connectivity index (χ2n) is 1.39. The van der Waals surface area contributed by atoms with Crippen LogP contribution in [0.15, 0.2) is 0 Å². The van der Waals surface area contributed by atoms with Crippen LogP contribution < -0.4 is 5.84 Å². The monoisotopic (exact) mass is 102 g/mol. The fraction of sp³-hybridized carbons (Fsp3) is 0.667. The van der Waals surface area contributed by atoms with E-state index in [0.29, 0.717) is 0 Å². The molecule has 0 amide bonds. The molecule has 1 aliphatic heterocycles. The van der Waals surface area contributed by atoms with Gasteiger partial charge in [-0.1, -0.05) is 0 Å². The highest BCUT2D eigenvalue weighted by Gasteiger charge is 2.15. The molecule has 0 aromatic carbocycles. The third-order valence-electron chi connectivity index (χ3n) is 0.724. The first-order valence-electron chi connectivity index (χ1n) is 1.94. The van der Waals surface area contributed by atoms with Gasteiger partial charge in [-0.15, -0.1) is 0 Å². The van der Waals surface area contributed by atoms with Crippen molar-refractivity contribution in [3.8, 4) is 0 Å². The number of carbonyl (C=O) groups excluding carboxylic acids is 1. The average molecular weight is 102 g/mol. The Morgan fingerprint density at radius 2 is 2.57 bits per heavy atom. The van der Waals surface area contributed by atoms with Gasteiger partial charge in [0.1, 0.15) is 6.54 Å². The minimum atomic E-state index is -0.248. The molecule has 0 atom stereocenters. The van der Waals surface area contributed by atoms with Crippen LogP contribution in [0.2, 0.25) is 0 Å². The van der Waals surface area contributed by atoms with Gasteiger partial charge in [0.15, 0.2) is 6.73 Å². The molecule has 1 aliphatic rings. The van der Waals surface area contributed by atoms with E-state index >= 15 is 0 Å². The fourth-order valence-corrected chi connectivity index (χ4v) is 0.412. The molecular formula is C3H6N2O2. The molecule has 0 aromatic rings. The second-order valence-corrected chi connectivity index (χ2v) is 1.39. The van der Waals surface area contributed by atoms with Crippen LogP contribution in [0, 0.1) is 0 Å². The van der Waals surface area contributed by atoms with Gasteiger partial charge in [0.25, 0.3) is 0 Å². The highest BCUT2D eigenvalue weighted by Crippen LogP contribution is 1.91. The Hall–Kier alpha value is -0.610. The molecule has 0 bridgehead atoms. The SMILES string of the molecule is NN1COC(=O)C1. The first-order chi connectivity index (χ1) is 3.29. The summed E-state index contributed by atoms with van der Waals surface area (Å²) in [4.78, 5) is 10.1. The van der Waals surface area contributed by atoms with Crippen LogP contribution >= 0.6 is 0 Å². The van der Waals surface area contributed by atoms with E-state index in [1.807, 2.05) is 0 Å². The Morgan fingerprint density at radius 1 is 1.86 bits per heavy atom. The molecule has 1 heterocycles. The van der Waals surface area contributed by atoms with Gasteiger partial charge in [-0.2, -0.15) is 0 Å². The molecular weight excluding hydrogens is 96.0 g/mol. The van der Waals surface area contributed by atoms with E-state index in [4.69, 9.17) is 5.84 Å². The fourth-order valence-electron chi connectivity index (χ4n) is 0.412. The Labute approximate surface area is 40.8 Å². The van der Waals surface area contributed by atoms with Crippen molar-refractivity contribution >= 4 is 5.97 Å². The number of nitrogens with zero attached hydrogens (tertiary/aromatic N) is 1. The summed E-state index contributed by atoms with van der Waals surface area (Å²) in [5.41, 5.74) is 0. The molecule has 4 heteroatoms. The molecule has 0 spiro atoms. The van der Waals surface area contributed by atoms with E-state index in [-0.39, 0.29) is 19.2 Å². The third-order valence-corrected chi connectivity index (χ3v) is 0.724. The Bertz CT molecular complexity index is 92.9. The van der Waals surface area contributed by atoms with E-state index in [2.05, 4.69) is 4.74 Å². The van der Waals surface area contributed by atoms with Crippen molar-refractivity contribution in [2.45, 2.75) is 0 Å². The van der Waals surface area contributed by atoms with Gasteiger partial charge in [-0.25, -0.2) is 5.01 Å². The number of rotatable bonds is 0. The lowest BCUT2D eigenvalue weighted by molar-refractivity contribution is -0.136. The first kappa shape index (κ1) is 4.55. The first-order valence-corrected chi connectivity index (χ1v) is 1.94. The van der Waals surface area contributed by atoms with E-state index in [9.17, 15) is 4.79 Å². The van der Waals surface area contributed by atoms with Gasteiger partial charge in [-0.3, -0.25) is 10.6 Å². The maximum Gasteiger partial charge on any atom is 0.323 e. The molecule has 4 nitrogen and oxygen atoms in total. The summed E-state index contributed by atoms with van der Waals surface area (Å²) in [5.74, 6) is 4.86. The summed E-state index contributed by atoms with van der Waals surface area (Å²) in [6.45, 7) is 0.457. The smallest absolute Gasteiger partial charge is 0.323 e. The average Bonchev–Trinajstić information content (AvgIpc) is 1.87. The van der Waals surface area contributed by atoms with Crippen LogP contribution in [0.1, 0.15) is 0 Å². The van der Waals surface area contributed by atoms with Gasteiger partial charge in [-0.05, 0) is 0 Å². The quantitative estimate of drug-likeness (QED) is 0.304. The number of hydrogen-bond donors (Lipinski definition) is 1. The minimum absolute atomic E-state index is 0.222. The molecule has 0 aromatic heterocycles. The topological polar surface area (TPSA) is 55.6 Å². The van der Waals surface area contributed by atoms with E-state index in [1.54, 1.807) is 0 Å². The molecule has 40 valence electrons. The number of cyclic esters (lactones) is 1. The van der Waals surface area contributed by atoms with E-state index < -0.39 is 0 Å². The number of esters is 1. The van der Waals surface area contributed by atoms with Crippen LogP contribution in [-0.2, 0) is 9.53 Å². The lowest BCUT2D eigenvalue weighted by Gasteiger charge is -1.96. The molecule has 1 rings (SSSR count). The van der Waals surface area contributed by atoms with Crippen LogP contribution in [-0.4, -0.2) is 24.3 Å². The molecule has 7 heavy (non-hydrogen) atoms. The van der Waals surface area contributed by atoms with Crippen molar-refractivity contribution in [1.29, 1.82) is 0 Å². The maximum absolute atomic E-state index is 10.1. The lowest BCUT2D eigenvalue weighted by Crippen LogP contribution is -2.27. The predicted octanol–water partition coefficient (Wildman–Crippen LogP) is -1.32. The zero-order chi connectivity index (χ0) is 5.28. The van der Waals surface area contributed by atoms with E-state index in [1.165, 1.54) is 5.01 Å². The normalized spacial score (nSPS) is 22.7. The highest BCUT2D eigenvalue weighted by atomic mass is 16.6. The minimum Gasteiger partial charge on any atom is -0.447 e. The summed E-state index contributed by atoms with van der Waals surface area (Å²) < 4.78 is 4.43. The van der Waals surface area contributed by atoms with Gasteiger partial charge in [0, 0.05) is 0 Å². The third kappa shape index (κ3) is 0.880. The molecule has 1 fully saturated rings. The largest absolute Gasteiger partial charge is 0.447 e. The van der Waals surface area contributed by atoms with Gasteiger partial charge < -0.3 is 4.74 Å². The van der Waals surface area contributed by atoms with Crippen molar-refractivity contribution < 1.29 is 9.53 Å². The van der Waals surface area contributed by atoms with Crippen molar-refractivity contribution in [3.63, 3.8) is 0 Å². The van der Waals surface area contributed by atoms with E-state index in [0.717, 1.165) is 0 Å². The second kappa shape index (κ2) is 1.48. The van der Waals surface area contributed by atoms with Gasteiger partial charge in [0.2, 0.25) is 0 Å². The maximum atomic E-state index is 10.1. The molecule has 0 radical (unpaired) electrons. The summed E-state index contributed by atoms with van der Waals surface area (Å²) in [7, 11) is 0. The zero-order valence-electron chi connectivity index (χ0n) is 3.76. The van der Waals surface area contributed by atoms with Crippen molar-refractivity contribution in [2.24, 2.45) is 5.84 Å². The predicted molar refractivity (Wildman–Crippen MR) is 21.9 cm³/mol. The molecule has 0 saturated carbocycles. The molecule has 1 saturated heterocycles. The Balaban J connectivity index is 2.40. The zero-order valence-corrected chi connectivity index (χ0v) is 3.76. The standard InChI is InChI=1S/C3H6N2O2/c4-5-1-3(6)7-2-5/h1-2,4H2. The van der Waals surface area contributed by atoms with Crippen LogP contribution in [0.4, 0.5) is 0 Å². The van der Waals surface area contributed by atoms with Crippen LogP contribution in [0.25, 0.3) is 0 Å². The van der Waals surface area contributed by atoms with Gasteiger partial charge >= 0.3 is 5.97 Å². The van der Waals surface area contributed by atoms with Crippen molar-refractivity contribution in [1.82, 2.24) is 5.01 Å². The number of hydrogen-bond acceptors (Lipinski definition) is 4. The summed E-state index contributed by atoms with van der Waals surface area (Å²) in [6, 6.07) is 0. The summed E-state index contributed by atoms with van der Waals surface area (Å²) in [5, 5.41) is 1.31. The Kier molecular flexibility index (Phi) is 0.958.